The standard InChI is InChI=1S/C23H20ClF2N5O2/c1-31-17(2-3-30-31)7-16-8-18(19(24)11-27-16)14-6-22(28-10-14)23(33)29-9-13-4-20(25)21(26)5-15(13)12-32/h2-6,8,10-11,28,32H,7,9,12H2,1H3,(H,29,33). The summed E-state index contributed by atoms with van der Waals surface area (Å²) in [5.41, 5.74) is 3.94. The lowest BCUT2D eigenvalue weighted by molar-refractivity contribution is 0.0946. The second-order valence-electron chi connectivity index (χ2n) is 7.46. The van der Waals surface area contributed by atoms with E-state index in [4.69, 9.17) is 11.6 Å². The highest BCUT2D eigenvalue weighted by atomic mass is 35.5. The van der Waals surface area contributed by atoms with E-state index in [1.54, 1.807) is 29.3 Å². The first-order valence-electron chi connectivity index (χ1n) is 10.0. The Morgan fingerprint density at radius 1 is 1.21 bits per heavy atom. The maximum atomic E-state index is 13.5. The number of halogens is 3. The molecule has 3 heterocycles. The molecule has 33 heavy (non-hydrogen) atoms. The van der Waals surface area contributed by atoms with Gasteiger partial charge in [-0.2, -0.15) is 5.10 Å². The molecule has 0 radical (unpaired) electrons. The van der Waals surface area contributed by atoms with Gasteiger partial charge in [0.15, 0.2) is 11.6 Å². The van der Waals surface area contributed by atoms with Crippen molar-refractivity contribution in [2.75, 3.05) is 0 Å². The lowest BCUT2D eigenvalue weighted by Crippen LogP contribution is -2.24. The number of aryl methyl sites for hydroxylation is 1. The molecule has 0 aliphatic rings. The van der Waals surface area contributed by atoms with Crippen LogP contribution in [0.15, 0.2) is 48.9 Å². The number of hydrogen-bond acceptors (Lipinski definition) is 4. The van der Waals surface area contributed by atoms with Gasteiger partial charge in [-0.1, -0.05) is 11.6 Å². The van der Waals surface area contributed by atoms with E-state index in [9.17, 15) is 18.7 Å². The second kappa shape index (κ2) is 9.51. The molecule has 0 aliphatic carbocycles. The van der Waals surface area contributed by atoms with Crippen LogP contribution in [-0.4, -0.2) is 30.8 Å². The average Bonchev–Trinajstić information content (AvgIpc) is 3.45. The molecule has 0 aliphatic heterocycles. The first-order chi connectivity index (χ1) is 15.9. The lowest BCUT2D eigenvalue weighted by atomic mass is 10.1. The molecule has 4 rings (SSSR count). The van der Waals surface area contributed by atoms with Gasteiger partial charge >= 0.3 is 0 Å². The van der Waals surface area contributed by atoms with Crippen LogP contribution < -0.4 is 5.32 Å². The number of H-pyrrole nitrogens is 1. The monoisotopic (exact) mass is 471 g/mol. The molecule has 3 N–H and O–H groups in total. The molecule has 0 saturated carbocycles. The van der Waals surface area contributed by atoms with Gasteiger partial charge in [0.2, 0.25) is 0 Å². The quantitative estimate of drug-likeness (QED) is 0.382. The molecule has 1 amide bonds. The molecule has 0 unspecified atom stereocenters. The van der Waals surface area contributed by atoms with Crippen molar-refractivity contribution in [1.82, 2.24) is 25.1 Å². The van der Waals surface area contributed by atoms with Crippen LogP contribution in [-0.2, 0) is 26.6 Å². The minimum atomic E-state index is -1.06. The third-order valence-corrected chi connectivity index (χ3v) is 5.59. The molecule has 10 heteroatoms. The Morgan fingerprint density at radius 3 is 2.67 bits per heavy atom. The first kappa shape index (κ1) is 22.6. The van der Waals surface area contributed by atoms with E-state index >= 15 is 0 Å². The molecule has 170 valence electrons. The number of nitrogens with one attached hydrogen (secondary N) is 2. The Bertz CT molecular complexity index is 1320. The van der Waals surface area contributed by atoms with Gasteiger partial charge in [0, 0.05) is 61.1 Å². The van der Waals surface area contributed by atoms with Crippen molar-refractivity contribution in [1.29, 1.82) is 0 Å². The number of aromatic amines is 1. The van der Waals surface area contributed by atoms with Crippen molar-refractivity contribution in [2.45, 2.75) is 19.6 Å². The minimum absolute atomic E-state index is 0.0782. The summed E-state index contributed by atoms with van der Waals surface area (Å²) in [6.07, 6.45) is 5.50. The van der Waals surface area contributed by atoms with Gasteiger partial charge in [0.25, 0.3) is 5.91 Å². The zero-order valence-corrected chi connectivity index (χ0v) is 18.3. The number of hydrogen-bond donors (Lipinski definition) is 3. The van der Waals surface area contributed by atoms with Gasteiger partial charge in [-0.05, 0) is 41.5 Å². The smallest absolute Gasteiger partial charge is 0.267 e. The van der Waals surface area contributed by atoms with Gasteiger partial charge in [0.1, 0.15) is 5.69 Å². The first-order valence-corrected chi connectivity index (χ1v) is 10.4. The van der Waals surface area contributed by atoms with Crippen LogP contribution in [0.5, 0.6) is 0 Å². The number of benzene rings is 1. The Hall–Kier alpha value is -3.56. The number of rotatable bonds is 7. The molecule has 0 spiro atoms. The van der Waals surface area contributed by atoms with Gasteiger partial charge in [-0.3, -0.25) is 14.5 Å². The zero-order chi connectivity index (χ0) is 23.5. The topological polar surface area (TPSA) is 95.8 Å². The molecule has 7 nitrogen and oxygen atoms in total. The minimum Gasteiger partial charge on any atom is -0.392 e. The summed E-state index contributed by atoms with van der Waals surface area (Å²) >= 11 is 6.35. The van der Waals surface area contributed by atoms with E-state index in [-0.39, 0.29) is 23.4 Å². The summed E-state index contributed by atoms with van der Waals surface area (Å²) in [6.45, 7) is -0.554. The molecule has 4 aromatic rings. The van der Waals surface area contributed by atoms with Gasteiger partial charge in [-0.15, -0.1) is 0 Å². The predicted octanol–water partition coefficient (Wildman–Crippen LogP) is 3.75. The van der Waals surface area contributed by atoms with E-state index in [0.717, 1.165) is 23.5 Å². The van der Waals surface area contributed by atoms with Crippen molar-refractivity contribution < 1.29 is 18.7 Å². The maximum absolute atomic E-state index is 13.5. The number of carbonyl (C=O) groups is 1. The van der Waals surface area contributed by atoms with Crippen molar-refractivity contribution in [3.8, 4) is 11.1 Å². The van der Waals surface area contributed by atoms with Gasteiger partial charge in [0.05, 0.1) is 11.6 Å². The lowest BCUT2D eigenvalue weighted by Gasteiger charge is -2.09. The summed E-state index contributed by atoms with van der Waals surface area (Å²) in [7, 11) is 1.85. The highest BCUT2D eigenvalue weighted by Crippen LogP contribution is 2.29. The van der Waals surface area contributed by atoms with E-state index in [2.05, 4.69) is 20.4 Å². The number of carbonyl (C=O) groups excluding carboxylic acids is 1. The van der Waals surface area contributed by atoms with Crippen molar-refractivity contribution in [3.63, 3.8) is 0 Å². The number of pyridine rings is 1. The SMILES string of the molecule is Cn1nccc1Cc1cc(-c2c[nH]c(C(=O)NCc3cc(F)c(F)cc3CO)c2)c(Cl)cn1. The molecular formula is C23H20ClF2N5O2. The fourth-order valence-corrected chi connectivity index (χ4v) is 3.67. The summed E-state index contributed by atoms with van der Waals surface area (Å²) in [5.74, 6) is -2.55. The fraction of sp³-hybridized carbons (Fsp3) is 0.174. The zero-order valence-electron chi connectivity index (χ0n) is 17.6. The van der Waals surface area contributed by atoms with E-state index < -0.39 is 24.1 Å². The average molecular weight is 472 g/mol. The Kier molecular flexibility index (Phi) is 6.52. The number of aromatic nitrogens is 4. The van der Waals surface area contributed by atoms with Crippen molar-refractivity contribution in [2.24, 2.45) is 7.05 Å². The predicted molar refractivity (Wildman–Crippen MR) is 118 cm³/mol. The van der Waals surface area contributed by atoms with Crippen molar-refractivity contribution >= 4 is 17.5 Å². The highest BCUT2D eigenvalue weighted by Gasteiger charge is 2.15. The third kappa shape index (κ3) is 4.94. The van der Waals surface area contributed by atoms with Crippen LogP contribution in [0.1, 0.15) is 33.0 Å². The Morgan fingerprint density at radius 2 is 1.97 bits per heavy atom. The third-order valence-electron chi connectivity index (χ3n) is 5.29. The molecule has 3 aromatic heterocycles. The normalized spacial score (nSPS) is 11.1. The van der Waals surface area contributed by atoms with Crippen LogP contribution in [0.2, 0.25) is 5.02 Å². The van der Waals surface area contributed by atoms with Crippen LogP contribution in [0, 0.1) is 11.6 Å². The van der Waals surface area contributed by atoms with E-state index in [0.29, 0.717) is 22.6 Å². The summed E-state index contributed by atoms with van der Waals surface area (Å²) in [6, 6.07) is 7.28. The van der Waals surface area contributed by atoms with Crippen LogP contribution in [0.25, 0.3) is 11.1 Å². The van der Waals surface area contributed by atoms with Crippen LogP contribution in [0.3, 0.4) is 0 Å². The Balaban J connectivity index is 1.50. The molecule has 0 saturated heterocycles. The molecular weight excluding hydrogens is 452 g/mol. The number of nitrogens with zero attached hydrogens (tertiary/aromatic N) is 3. The number of amides is 1. The summed E-state index contributed by atoms with van der Waals surface area (Å²) in [4.78, 5) is 19.9. The van der Waals surface area contributed by atoms with Crippen LogP contribution in [0.4, 0.5) is 8.78 Å². The number of aliphatic hydroxyl groups is 1. The van der Waals surface area contributed by atoms with Crippen molar-refractivity contribution in [3.05, 3.63) is 93.8 Å². The Labute approximate surface area is 193 Å². The maximum Gasteiger partial charge on any atom is 0.267 e. The molecule has 0 fully saturated rings. The summed E-state index contributed by atoms with van der Waals surface area (Å²) < 4.78 is 28.7. The van der Waals surface area contributed by atoms with E-state index in [1.807, 2.05) is 19.2 Å². The van der Waals surface area contributed by atoms with Gasteiger partial charge in [-0.25, -0.2) is 8.78 Å². The van der Waals surface area contributed by atoms with Gasteiger partial charge < -0.3 is 15.4 Å². The molecule has 0 bridgehead atoms. The molecule has 1 aromatic carbocycles. The largest absolute Gasteiger partial charge is 0.392 e. The highest BCUT2D eigenvalue weighted by molar-refractivity contribution is 6.33. The summed E-state index contributed by atoms with van der Waals surface area (Å²) in [5, 5.41) is 16.6. The van der Waals surface area contributed by atoms with Crippen LogP contribution >= 0.6 is 11.6 Å². The second-order valence-corrected chi connectivity index (χ2v) is 7.86. The number of aliphatic hydroxyl groups excluding tert-OH is 1. The molecule has 0 atom stereocenters. The fourth-order valence-electron chi connectivity index (χ4n) is 3.45. The van der Waals surface area contributed by atoms with E-state index in [1.165, 1.54) is 0 Å².